The summed E-state index contributed by atoms with van der Waals surface area (Å²) < 4.78 is 27.7. The van der Waals surface area contributed by atoms with Gasteiger partial charge in [0.25, 0.3) is 0 Å². The zero-order valence-corrected chi connectivity index (χ0v) is 5.87. The van der Waals surface area contributed by atoms with Gasteiger partial charge in [-0.05, 0) is 12.3 Å². The Bertz CT molecular complexity index is 167. The van der Waals surface area contributed by atoms with Gasteiger partial charge in [0.2, 0.25) is 0 Å². The van der Waals surface area contributed by atoms with Crippen molar-refractivity contribution in [2.24, 2.45) is 0 Å². The summed E-state index contributed by atoms with van der Waals surface area (Å²) in [7, 11) is -3.48. The predicted octanol–water partition coefficient (Wildman–Crippen LogP) is 1.06. The van der Waals surface area contributed by atoms with Crippen LogP contribution in [0.3, 0.4) is 0 Å². The zero-order chi connectivity index (χ0) is 6.62. The fourth-order valence-electron chi connectivity index (χ4n) is 0.126. The second-order valence-corrected chi connectivity index (χ2v) is 4.15. The summed E-state index contributed by atoms with van der Waals surface area (Å²) in [4.78, 5) is 0. The smallest absolute Gasteiger partial charge is 0.277 e. The highest BCUT2D eigenvalue weighted by Crippen LogP contribution is 2.09. The predicted molar refractivity (Wildman–Crippen MR) is 34.0 cm³/mol. The minimum atomic E-state index is -3.86. The SMILES string of the molecule is C/C=C/SS(=O)(=O)O. The molecule has 0 aliphatic carbocycles. The van der Waals surface area contributed by atoms with E-state index in [1.165, 1.54) is 11.5 Å². The Morgan fingerprint density at radius 3 is 2.25 bits per heavy atom. The lowest BCUT2D eigenvalue weighted by atomic mass is 10.8. The van der Waals surface area contributed by atoms with E-state index in [0.29, 0.717) is 10.8 Å². The Hall–Kier alpha value is -0.0000000000000000763. The van der Waals surface area contributed by atoms with Crippen molar-refractivity contribution in [1.29, 1.82) is 0 Å². The van der Waals surface area contributed by atoms with Crippen molar-refractivity contribution >= 4 is 19.9 Å². The molecule has 3 nitrogen and oxygen atoms in total. The van der Waals surface area contributed by atoms with Crippen molar-refractivity contribution in [3.05, 3.63) is 11.5 Å². The molecule has 48 valence electrons. The van der Waals surface area contributed by atoms with E-state index < -0.39 is 9.15 Å². The van der Waals surface area contributed by atoms with Gasteiger partial charge in [-0.15, -0.1) is 0 Å². The Morgan fingerprint density at radius 1 is 1.62 bits per heavy atom. The monoisotopic (exact) mass is 154 g/mol. The van der Waals surface area contributed by atoms with Gasteiger partial charge in [0.15, 0.2) is 0 Å². The number of allylic oxidation sites excluding steroid dienone is 1. The number of hydrogen-bond donors (Lipinski definition) is 1. The molecule has 0 aliphatic rings. The summed E-state index contributed by atoms with van der Waals surface area (Å²) >= 11 is 0. The second-order valence-electron chi connectivity index (χ2n) is 0.993. The average molecular weight is 154 g/mol. The van der Waals surface area contributed by atoms with Crippen LogP contribution >= 0.6 is 10.8 Å². The molecule has 0 aromatic carbocycles. The maximum Gasteiger partial charge on any atom is 0.323 e. The van der Waals surface area contributed by atoms with Gasteiger partial charge in [-0.3, -0.25) is 4.55 Å². The Kier molecular flexibility index (Phi) is 3.11. The molecule has 0 unspecified atom stereocenters. The van der Waals surface area contributed by atoms with Gasteiger partial charge in [-0.2, -0.15) is 8.42 Å². The van der Waals surface area contributed by atoms with Crippen LogP contribution in [0.15, 0.2) is 11.5 Å². The normalized spacial score (nSPS) is 12.8. The summed E-state index contributed by atoms with van der Waals surface area (Å²) in [5.41, 5.74) is 0. The Labute approximate surface area is 51.9 Å². The molecule has 0 aliphatic heterocycles. The fourth-order valence-corrected chi connectivity index (χ4v) is 1.13. The van der Waals surface area contributed by atoms with E-state index >= 15 is 0 Å². The molecule has 5 heteroatoms. The highest BCUT2D eigenvalue weighted by atomic mass is 33.1. The van der Waals surface area contributed by atoms with E-state index in [4.69, 9.17) is 4.55 Å². The lowest BCUT2D eigenvalue weighted by molar-refractivity contribution is 0.503. The third-order valence-electron chi connectivity index (χ3n) is 0.313. The fraction of sp³-hybridized carbons (Fsp3) is 0.333. The third kappa shape index (κ3) is 6.00. The van der Waals surface area contributed by atoms with E-state index in [0.717, 1.165) is 0 Å². The maximum atomic E-state index is 9.86. The molecule has 8 heavy (non-hydrogen) atoms. The molecule has 0 radical (unpaired) electrons. The van der Waals surface area contributed by atoms with Crippen molar-refractivity contribution < 1.29 is 13.0 Å². The van der Waals surface area contributed by atoms with Crippen molar-refractivity contribution in [2.45, 2.75) is 6.92 Å². The molecule has 0 atom stereocenters. The van der Waals surface area contributed by atoms with Gasteiger partial charge < -0.3 is 0 Å². The molecule has 0 bridgehead atoms. The molecule has 0 saturated carbocycles. The summed E-state index contributed by atoms with van der Waals surface area (Å²) in [6.45, 7) is 1.66. The van der Waals surface area contributed by atoms with Crippen molar-refractivity contribution in [3.8, 4) is 0 Å². The van der Waals surface area contributed by atoms with E-state index in [9.17, 15) is 8.42 Å². The molecular weight excluding hydrogens is 148 g/mol. The average Bonchev–Trinajstić information content (AvgIpc) is 1.59. The van der Waals surface area contributed by atoms with Crippen molar-refractivity contribution in [1.82, 2.24) is 0 Å². The first-order valence-electron chi connectivity index (χ1n) is 1.83. The third-order valence-corrected chi connectivity index (χ3v) is 2.00. The highest BCUT2D eigenvalue weighted by Gasteiger charge is 1.98. The molecule has 0 spiro atoms. The van der Waals surface area contributed by atoms with Crippen LogP contribution in [0.2, 0.25) is 0 Å². The van der Waals surface area contributed by atoms with Gasteiger partial charge >= 0.3 is 9.15 Å². The van der Waals surface area contributed by atoms with Crippen LogP contribution in [0.4, 0.5) is 0 Å². The summed E-state index contributed by atoms with van der Waals surface area (Å²) in [6.07, 6.45) is 1.53. The first-order valence-corrected chi connectivity index (χ1v) is 4.67. The minimum absolute atomic E-state index is 0.381. The number of rotatable bonds is 2. The van der Waals surface area contributed by atoms with Crippen LogP contribution in [0.5, 0.6) is 0 Å². The first kappa shape index (κ1) is 8.00. The van der Waals surface area contributed by atoms with Crippen LogP contribution in [0.25, 0.3) is 0 Å². The maximum absolute atomic E-state index is 9.86. The number of hydrogen-bond acceptors (Lipinski definition) is 3. The van der Waals surface area contributed by atoms with Crippen LogP contribution < -0.4 is 0 Å². The van der Waals surface area contributed by atoms with E-state index in [1.54, 1.807) is 6.92 Å². The summed E-state index contributed by atoms with van der Waals surface area (Å²) in [6, 6.07) is 0. The van der Waals surface area contributed by atoms with E-state index in [2.05, 4.69) is 0 Å². The van der Waals surface area contributed by atoms with Crippen molar-refractivity contribution in [3.63, 3.8) is 0 Å². The molecule has 0 aromatic heterocycles. The molecule has 0 aromatic rings. The Morgan fingerprint density at radius 2 is 2.12 bits per heavy atom. The van der Waals surface area contributed by atoms with Gasteiger partial charge in [0.05, 0.1) is 0 Å². The van der Waals surface area contributed by atoms with Crippen LogP contribution in [0.1, 0.15) is 6.92 Å². The zero-order valence-electron chi connectivity index (χ0n) is 4.23. The Balaban J connectivity index is 3.76. The van der Waals surface area contributed by atoms with Gasteiger partial charge in [-0.1, -0.05) is 6.08 Å². The standard InChI is InChI=1S/C3H6O3S2/c1-2-3-7-8(4,5)6/h2-3H,1H3,(H,4,5,6)/b3-2+. The quantitative estimate of drug-likeness (QED) is 0.477. The lowest BCUT2D eigenvalue weighted by Crippen LogP contribution is -1.84. The van der Waals surface area contributed by atoms with Crippen LogP contribution in [0, 0.1) is 0 Å². The molecule has 0 saturated heterocycles. The molecule has 0 rings (SSSR count). The minimum Gasteiger partial charge on any atom is -0.277 e. The molecule has 0 heterocycles. The molecule has 1 N–H and O–H groups in total. The van der Waals surface area contributed by atoms with E-state index in [1.807, 2.05) is 0 Å². The molecular formula is C3H6O3S2. The topological polar surface area (TPSA) is 54.4 Å². The van der Waals surface area contributed by atoms with Crippen molar-refractivity contribution in [2.75, 3.05) is 0 Å². The van der Waals surface area contributed by atoms with Gasteiger partial charge in [-0.25, -0.2) is 0 Å². The largest absolute Gasteiger partial charge is 0.323 e. The summed E-state index contributed by atoms with van der Waals surface area (Å²) in [5.74, 6) is 0. The van der Waals surface area contributed by atoms with Gasteiger partial charge in [0, 0.05) is 10.8 Å². The van der Waals surface area contributed by atoms with Gasteiger partial charge in [0.1, 0.15) is 0 Å². The highest BCUT2D eigenvalue weighted by molar-refractivity contribution is 8.71. The lowest BCUT2D eigenvalue weighted by Gasteiger charge is -1.82. The molecule has 0 fully saturated rings. The van der Waals surface area contributed by atoms with E-state index in [-0.39, 0.29) is 0 Å². The summed E-state index contributed by atoms with van der Waals surface area (Å²) in [5, 5.41) is 1.29. The molecule has 0 amide bonds. The first-order chi connectivity index (χ1) is 3.56. The van der Waals surface area contributed by atoms with Crippen LogP contribution in [-0.2, 0) is 9.15 Å². The van der Waals surface area contributed by atoms with Crippen LogP contribution in [-0.4, -0.2) is 13.0 Å². The second kappa shape index (κ2) is 3.11.